The summed E-state index contributed by atoms with van der Waals surface area (Å²) in [5.41, 5.74) is 2.10. The van der Waals surface area contributed by atoms with Crippen LogP contribution in [0.15, 0.2) is 24.4 Å². The fraction of sp³-hybridized carbons (Fsp3) is 0.400. The highest BCUT2D eigenvalue weighted by Crippen LogP contribution is 2.19. The van der Waals surface area contributed by atoms with E-state index in [0.717, 1.165) is 17.8 Å². The van der Waals surface area contributed by atoms with E-state index in [9.17, 15) is 9.59 Å². The molecule has 3 heterocycles. The second-order valence-electron chi connectivity index (χ2n) is 5.45. The number of hydrogen-bond acceptors (Lipinski definition) is 3. The van der Waals surface area contributed by atoms with E-state index in [-0.39, 0.29) is 12.5 Å². The lowest BCUT2D eigenvalue weighted by Crippen LogP contribution is -2.42. The van der Waals surface area contributed by atoms with E-state index in [1.54, 1.807) is 11.1 Å². The van der Waals surface area contributed by atoms with Crippen LogP contribution in [0.5, 0.6) is 0 Å². The molecule has 0 radical (unpaired) electrons. The van der Waals surface area contributed by atoms with Crippen molar-refractivity contribution in [1.82, 2.24) is 14.3 Å². The number of nitrogens with zero attached hydrogens (tertiary/aromatic N) is 3. The monoisotopic (exact) mass is 287 g/mol. The van der Waals surface area contributed by atoms with Gasteiger partial charge in [-0.25, -0.2) is 4.98 Å². The number of imidazole rings is 1. The zero-order valence-corrected chi connectivity index (χ0v) is 11.8. The largest absolute Gasteiger partial charge is 0.481 e. The molecule has 1 aliphatic rings. The number of carboxylic acids is 1. The SMILES string of the molecule is Cc1cccc2nc(C(=O)N3CCCC(C(=O)O)C3)cn12. The van der Waals surface area contributed by atoms with E-state index in [4.69, 9.17) is 5.11 Å². The van der Waals surface area contributed by atoms with Crippen molar-refractivity contribution in [2.24, 2.45) is 5.92 Å². The molecule has 1 atom stereocenters. The van der Waals surface area contributed by atoms with Crippen LogP contribution in [0.25, 0.3) is 5.65 Å². The molecule has 2 aromatic heterocycles. The number of pyridine rings is 1. The van der Waals surface area contributed by atoms with Crippen molar-refractivity contribution >= 4 is 17.5 Å². The topological polar surface area (TPSA) is 74.9 Å². The van der Waals surface area contributed by atoms with Gasteiger partial charge in [-0.3, -0.25) is 9.59 Å². The normalized spacial score (nSPS) is 18.9. The summed E-state index contributed by atoms with van der Waals surface area (Å²) in [5, 5.41) is 9.10. The maximum atomic E-state index is 12.5. The summed E-state index contributed by atoms with van der Waals surface area (Å²) in [4.78, 5) is 29.5. The molecule has 0 aliphatic carbocycles. The van der Waals surface area contributed by atoms with Crippen LogP contribution in [0.3, 0.4) is 0 Å². The van der Waals surface area contributed by atoms with Crippen LogP contribution >= 0.6 is 0 Å². The molecule has 0 aromatic carbocycles. The van der Waals surface area contributed by atoms with Gasteiger partial charge in [-0.05, 0) is 31.9 Å². The second-order valence-corrected chi connectivity index (χ2v) is 5.45. The van der Waals surface area contributed by atoms with E-state index >= 15 is 0 Å². The van der Waals surface area contributed by atoms with E-state index in [0.29, 0.717) is 18.7 Å². The summed E-state index contributed by atoms with van der Waals surface area (Å²) in [6, 6.07) is 5.69. The number of fused-ring (bicyclic) bond motifs is 1. The number of amides is 1. The summed E-state index contributed by atoms with van der Waals surface area (Å²) in [6.45, 7) is 2.81. The average Bonchev–Trinajstić information content (AvgIpc) is 2.92. The Bertz CT molecular complexity index is 707. The van der Waals surface area contributed by atoms with Gasteiger partial charge in [0.2, 0.25) is 0 Å². The Morgan fingerprint density at radius 3 is 2.90 bits per heavy atom. The lowest BCUT2D eigenvalue weighted by Gasteiger charge is -2.30. The second kappa shape index (κ2) is 5.20. The molecule has 110 valence electrons. The quantitative estimate of drug-likeness (QED) is 0.910. The molecule has 1 amide bonds. The lowest BCUT2D eigenvalue weighted by atomic mass is 9.98. The maximum Gasteiger partial charge on any atom is 0.308 e. The molecule has 21 heavy (non-hydrogen) atoms. The van der Waals surface area contributed by atoms with Gasteiger partial charge < -0.3 is 14.4 Å². The fourth-order valence-electron chi connectivity index (χ4n) is 2.78. The Hall–Kier alpha value is -2.37. The van der Waals surface area contributed by atoms with Crippen LogP contribution in [0, 0.1) is 12.8 Å². The number of aryl methyl sites for hydroxylation is 1. The van der Waals surface area contributed by atoms with Gasteiger partial charge in [0.15, 0.2) is 0 Å². The van der Waals surface area contributed by atoms with Gasteiger partial charge in [0, 0.05) is 25.0 Å². The van der Waals surface area contributed by atoms with Crippen LogP contribution in [0.2, 0.25) is 0 Å². The molecule has 2 aromatic rings. The Kier molecular flexibility index (Phi) is 3.37. The Balaban J connectivity index is 1.86. The number of piperidine rings is 1. The number of carbonyl (C=O) groups is 2. The third kappa shape index (κ3) is 2.49. The number of carboxylic acid groups (broad SMARTS) is 1. The number of aliphatic carboxylic acids is 1. The van der Waals surface area contributed by atoms with Crippen LogP contribution in [-0.2, 0) is 4.79 Å². The Morgan fingerprint density at radius 1 is 1.38 bits per heavy atom. The zero-order chi connectivity index (χ0) is 15.0. The highest BCUT2D eigenvalue weighted by Gasteiger charge is 2.29. The molecular weight excluding hydrogens is 270 g/mol. The van der Waals surface area contributed by atoms with Crippen LogP contribution < -0.4 is 0 Å². The van der Waals surface area contributed by atoms with Gasteiger partial charge in [-0.15, -0.1) is 0 Å². The molecule has 6 nitrogen and oxygen atoms in total. The molecule has 0 spiro atoms. The first-order valence-electron chi connectivity index (χ1n) is 7.03. The van der Waals surface area contributed by atoms with Crippen molar-refractivity contribution in [3.8, 4) is 0 Å². The number of carbonyl (C=O) groups excluding carboxylic acids is 1. The molecule has 1 unspecified atom stereocenters. The minimum absolute atomic E-state index is 0.191. The fourth-order valence-corrected chi connectivity index (χ4v) is 2.78. The Morgan fingerprint density at radius 2 is 2.19 bits per heavy atom. The first kappa shape index (κ1) is 13.6. The third-order valence-electron chi connectivity index (χ3n) is 3.97. The van der Waals surface area contributed by atoms with E-state index in [1.807, 2.05) is 29.5 Å². The summed E-state index contributed by atoms with van der Waals surface area (Å²) < 4.78 is 1.87. The van der Waals surface area contributed by atoms with Crippen molar-refractivity contribution in [1.29, 1.82) is 0 Å². The maximum absolute atomic E-state index is 12.5. The van der Waals surface area contributed by atoms with Crippen molar-refractivity contribution in [2.45, 2.75) is 19.8 Å². The number of rotatable bonds is 2. The molecule has 3 rings (SSSR count). The van der Waals surface area contributed by atoms with Gasteiger partial charge in [-0.1, -0.05) is 6.07 Å². The summed E-state index contributed by atoms with van der Waals surface area (Å²) in [6.07, 6.45) is 3.07. The van der Waals surface area contributed by atoms with E-state index in [2.05, 4.69) is 4.98 Å². The zero-order valence-electron chi connectivity index (χ0n) is 11.8. The first-order valence-corrected chi connectivity index (χ1v) is 7.03. The van der Waals surface area contributed by atoms with Crippen molar-refractivity contribution in [3.05, 3.63) is 35.8 Å². The molecule has 1 N–H and O–H groups in total. The number of likely N-dealkylation sites (tertiary alicyclic amines) is 1. The molecule has 1 fully saturated rings. The number of hydrogen-bond donors (Lipinski definition) is 1. The van der Waals surface area contributed by atoms with E-state index < -0.39 is 11.9 Å². The summed E-state index contributed by atoms with van der Waals surface area (Å²) >= 11 is 0. The third-order valence-corrected chi connectivity index (χ3v) is 3.97. The molecule has 1 saturated heterocycles. The predicted octanol–water partition coefficient (Wildman–Crippen LogP) is 1.58. The standard InChI is InChI=1S/C15H17N3O3/c1-10-4-2-6-13-16-12(9-18(10)13)14(19)17-7-3-5-11(8-17)15(20)21/h2,4,6,9,11H,3,5,7-8H2,1H3,(H,20,21). The van der Waals surface area contributed by atoms with Crippen molar-refractivity contribution in [2.75, 3.05) is 13.1 Å². The highest BCUT2D eigenvalue weighted by atomic mass is 16.4. The molecule has 6 heteroatoms. The molecule has 1 aliphatic heterocycles. The predicted molar refractivity (Wildman–Crippen MR) is 76.2 cm³/mol. The van der Waals surface area contributed by atoms with Crippen LogP contribution in [-0.4, -0.2) is 44.4 Å². The smallest absolute Gasteiger partial charge is 0.308 e. The van der Waals surface area contributed by atoms with E-state index in [1.165, 1.54) is 0 Å². The number of aromatic nitrogens is 2. The van der Waals surface area contributed by atoms with Crippen LogP contribution in [0.1, 0.15) is 29.0 Å². The lowest BCUT2D eigenvalue weighted by molar-refractivity contribution is -0.143. The molecular formula is C15H17N3O3. The molecule has 0 saturated carbocycles. The van der Waals surface area contributed by atoms with Crippen molar-refractivity contribution < 1.29 is 14.7 Å². The Labute approximate surface area is 122 Å². The molecule has 0 bridgehead atoms. The van der Waals surface area contributed by atoms with Gasteiger partial charge in [0.25, 0.3) is 5.91 Å². The first-order chi connectivity index (χ1) is 10.1. The minimum atomic E-state index is -0.835. The summed E-state index contributed by atoms with van der Waals surface area (Å²) in [7, 11) is 0. The van der Waals surface area contributed by atoms with Gasteiger partial charge in [0.1, 0.15) is 11.3 Å². The van der Waals surface area contributed by atoms with Crippen LogP contribution in [0.4, 0.5) is 0 Å². The van der Waals surface area contributed by atoms with Gasteiger partial charge in [-0.2, -0.15) is 0 Å². The van der Waals surface area contributed by atoms with Gasteiger partial charge >= 0.3 is 5.97 Å². The average molecular weight is 287 g/mol. The highest BCUT2D eigenvalue weighted by molar-refractivity contribution is 5.93. The minimum Gasteiger partial charge on any atom is -0.481 e. The van der Waals surface area contributed by atoms with Crippen molar-refractivity contribution in [3.63, 3.8) is 0 Å². The summed E-state index contributed by atoms with van der Waals surface area (Å²) in [5.74, 6) is -1.50. The van der Waals surface area contributed by atoms with Gasteiger partial charge in [0.05, 0.1) is 5.92 Å².